The summed E-state index contributed by atoms with van der Waals surface area (Å²) < 4.78 is 36.8. The van der Waals surface area contributed by atoms with Crippen LogP contribution in [0.5, 0.6) is 0 Å². The van der Waals surface area contributed by atoms with Gasteiger partial charge in [0, 0.05) is 5.02 Å². The zero-order valence-corrected chi connectivity index (χ0v) is 7.60. The lowest BCUT2D eigenvalue weighted by Gasteiger charge is -2.13. The molecule has 0 saturated heterocycles. The lowest BCUT2D eigenvalue weighted by atomic mass is 10.0. The normalized spacial score (nSPS) is 13.4. The van der Waals surface area contributed by atoms with Crippen LogP contribution in [0, 0.1) is 11.3 Å². The van der Waals surface area contributed by atoms with Crippen molar-refractivity contribution in [3.05, 3.63) is 34.9 Å². The molecule has 0 fully saturated rings. The Morgan fingerprint density at radius 1 is 1.36 bits per heavy atom. The number of hydrogen-bond acceptors (Lipinski definition) is 1. The van der Waals surface area contributed by atoms with Gasteiger partial charge in [-0.2, -0.15) is 18.4 Å². The van der Waals surface area contributed by atoms with Gasteiger partial charge >= 0.3 is 6.18 Å². The standard InChI is InChI=1S/C9H5ClF3N/c10-7-3-1-2-6(4-7)8(5-14)9(11,12)13/h1-4,8H/t8-/m0/s1. The van der Waals surface area contributed by atoms with E-state index in [1.807, 2.05) is 0 Å². The van der Waals surface area contributed by atoms with Gasteiger partial charge in [-0.25, -0.2) is 0 Å². The predicted molar refractivity (Wildman–Crippen MR) is 45.9 cm³/mol. The molecule has 1 aromatic rings. The maximum atomic E-state index is 12.3. The first kappa shape index (κ1) is 10.9. The van der Waals surface area contributed by atoms with Crippen LogP contribution in [0.1, 0.15) is 11.5 Å². The maximum Gasteiger partial charge on any atom is 0.408 e. The van der Waals surface area contributed by atoms with E-state index < -0.39 is 12.1 Å². The molecule has 0 bridgehead atoms. The molecule has 0 saturated carbocycles. The molecule has 14 heavy (non-hydrogen) atoms. The molecule has 1 nitrogen and oxygen atoms in total. The van der Waals surface area contributed by atoms with Gasteiger partial charge in [0.15, 0.2) is 5.92 Å². The largest absolute Gasteiger partial charge is 0.408 e. The van der Waals surface area contributed by atoms with Crippen molar-refractivity contribution in [3.8, 4) is 6.07 Å². The third kappa shape index (κ3) is 2.39. The number of nitriles is 1. The highest BCUT2D eigenvalue weighted by Gasteiger charge is 2.41. The fourth-order valence-corrected chi connectivity index (χ4v) is 1.22. The van der Waals surface area contributed by atoms with Crippen LogP contribution in [0.2, 0.25) is 5.02 Å². The van der Waals surface area contributed by atoms with Gasteiger partial charge < -0.3 is 0 Å². The summed E-state index contributed by atoms with van der Waals surface area (Å²) in [5.74, 6) is -2.11. The highest BCUT2D eigenvalue weighted by atomic mass is 35.5. The Labute approximate surface area is 83.7 Å². The first-order valence-corrected chi connectivity index (χ1v) is 4.04. The van der Waals surface area contributed by atoms with E-state index in [9.17, 15) is 13.2 Å². The number of nitrogens with zero attached hydrogens (tertiary/aromatic N) is 1. The maximum absolute atomic E-state index is 12.3. The Morgan fingerprint density at radius 3 is 2.43 bits per heavy atom. The molecule has 0 N–H and O–H groups in total. The van der Waals surface area contributed by atoms with Crippen molar-refractivity contribution >= 4 is 11.6 Å². The fourth-order valence-electron chi connectivity index (χ4n) is 1.02. The first-order chi connectivity index (χ1) is 6.45. The van der Waals surface area contributed by atoms with E-state index in [0.29, 0.717) is 0 Å². The van der Waals surface area contributed by atoms with E-state index >= 15 is 0 Å². The second-order valence-electron chi connectivity index (χ2n) is 2.66. The van der Waals surface area contributed by atoms with Crippen LogP contribution in [-0.2, 0) is 0 Å². The molecule has 0 unspecified atom stereocenters. The van der Waals surface area contributed by atoms with Crippen molar-refractivity contribution in [1.82, 2.24) is 0 Å². The predicted octanol–water partition coefficient (Wildman–Crippen LogP) is 3.51. The lowest BCUT2D eigenvalue weighted by Crippen LogP contribution is -2.19. The van der Waals surface area contributed by atoms with Crippen molar-refractivity contribution in [1.29, 1.82) is 5.26 Å². The van der Waals surface area contributed by atoms with Crippen LogP contribution < -0.4 is 0 Å². The van der Waals surface area contributed by atoms with E-state index in [2.05, 4.69) is 0 Å². The third-order valence-corrected chi connectivity index (χ3v) is 1.87. The highest BCUT2D eigenvalue weighted by Crippen LogP contribution is 2.34. The Kier molecular flexibility index (Phi) is 3.02. The molecule has 1 aromatic carbocycles. The molecule has 0 aliphatic rings. The minimum absolute atomic E-state index is 0.132. The van der Waals surface area contributed by atoms with Gasteiger partial charge in [0.05, 0.1) is 6.07 Å². The quantitative estimate of drug-likeness (QED) is 0.709. The SMILES string of the molecule is N#C[C@@H](c1cccc(Cl)c1)C(F)(F)F. The van der Waals surface area contributed by atoms with Gasteiger partial charge in [0.25, 0.3) is 0 Å². The summed E-state index contributed by atoms with van der Waals surface area (Å²) in [5.41, 5.74) is -0.132. The molecular weight excluding hydrogens is 215 g/mol. The second-order valence-corrected chi connectivity index (χ2v) is 3.10. The van der Waals surface area contributed by atoms with Crippen LogP contribution in [0.3, 0.4) is 0 Å². The van der Waals surface area contributed by atoms with Crippen molar-refractivity contribution in [3.63, 3.8) is 0 Å². The number of hydrogen-bond donors (Lipinski definition) is 0. The highest BCUT2D eigenvalue weighted by molar-refractivity contribution is 6.30. The Hall–Kier alpha value is -1.21. The third-order valence-electron chi connectivity index (χ3n) is 1.64. The Bertz CT molecular complexity index is 367. The van der Waals surface area contributed by atoms with E-state index in [4.69, 9.17) is 16.9 Å². The average Bonchev–Trinajstić information content (AvgIpc) is 2.02. The molecule has 0 aromatic heterocycles. The monoisotopic (exact) mass is 219 g/mol. The van der Waals surface area contributed by atoms with Gasteiger partial charge in [0.1, 0.15) is 0 Å². The van der Waals surface area contributed by atoms with Gasteiger partial charge in [-0.15, -0.1) is 0 Å². The summed E-state index contributed by atoms with van der Waals surface area (Å²) in [6.07, 6.45) is -4.56. The van der Waals surface area contributed by atoms with Gasteiger partial charge in [-0.05, 0) is 17.7 Å². The van der Waals surface area contributed by atoms with Crippen LogP contribution in [-0.4, -0.2) is 6.18 Å². The average molecular weight is 220 g/mol. The molecule has 0 heterocycles. The van der Waals surface area contributed by atoms with E-state index in [0.717, 1.165) is 6.07 Å². The van der Waals surface area contributed by atoms with Crippen LogP contribution in [0.4, 0.5) is 13.2 Å². The van der Waals surface area contributed by atoms with E-state index in [-0.39, 0.29) is 10.6 Å². The minimum Gasteiger partial charge on any atom is -0.197 e. The Balaban J connectivity index is 3.09. The lowest BCUT2D eigenvalue weighted by molar-refractivity contribution is -0.137. The Morgan fingerprint density at radius 2 is 2.00 bits per heavy atom. The zero-order valence-electron chi connectivity index (χ0n) is 6.85. The van der Waals surface area contributed by atoms with E-state index in [1.165, 1.54) is 24.3 Å². The topological polar surface area (TPSA) is 23.8 Å². The molecule has 1 rings (SSSR count). The van der Waals surface area contributed by atoms with Crippen molar-refractivity contribution in [2.45, 2.75) is 12.1 Å². The van der Waals surface area contributed by atoms with Crippen LogP contribution in [0.15, 0.2) is 24.3 Å². The van der Waals surface area contributed by atoms with Gasteiger partial charge in [-0.1, -0.05) is 23.7 Å². The summed E-state index contributed by atoms with van der Waals surface area (Å²) in [6.45, 7) is 0. The van der Waals surface area contributed by atoms with Crippen LogP contribution in [0.25, 0.3) is 0 Å². The zero-order chi connectivity index (χ0) is 10.8. The smallest absolute Gasteiger partial charge is 0.197 e. The second kappa shape index (κ2) is 3.89. The van der Waals surface area contributed by atoms with Gasteiger partial charge in [-0.3, -0.25) is 0 Å². The molecule has 0 aliphatic heterocycles. The molecule has 74 valence electrons. The molecular formula is C9H5ClF3N. The molecule has 0 radical (unpaired) electrons. The molecule has 0 spiro atoms. The van der Waals surface area contributed by atoms with Crippen molar-refractivity contribution in [2.75, 3.05) is 0 Å². The minimum atomic E-state index is -4.56. The summed E-state index contributed by atoms with van der Waals surface area (Å²) in [4.78, 5) is 0. The van der Waals surface area contributed by atoms with Crippen molar-refractivity contribution in [2.24, 2.45) is 0 Å². The van der Waals surface area contributed by atoms with Crippen molar-refractivity contribution < 1.29 is 13.2 Å². The number of rotatable bonds is 1. The molecule has 1 atom stereocenters. The van der Waals surface area contributed by atoms with E-state index in [1.54, 1.807) is 0 Å². The molecule has 5 heteroatoms. The number of benzene rings is 1. The number of alkyl halides is 3. The first-order valence-electron chi connectivity index (χ1n) is 3.67. The summed E-state index contributed by atoms with van der Waals surface area (Å²) in [7, 11) is 0. The summed E-state index contributed by atoms with van der Waals surface area (Å²) in [5, 5.41) is 8.58. The summed E-state index contributed by atoms with van der Waals surface area (Å²) >= 11 is 5.52. The molecule has 0 aliphatic carbocycles. The van der Waals surface area contributed by atoms with Gasteiger partial charge in [0.2, 0.25) is 0 Å². The number of halogens is 4. The van der Waals surface area contributed by atoms with Crippen LogP contribution >= 0.6 is 11.6 Å². The fraction of sp³-hybridized carbons (Fsp3) is 0.222. The molecule has 0 amide bonds. The summed E-state index contributed by atoms with van der Waals surface area (Å²) in [6, 6.07) is 6.41.